The Morgan fingerprint density at radius 1 is 1.44 bits per heavy atom. The van der Waals surface area contributed by atoms with Crippen molar-refractivity contribution < 1.29 is 4.79 Å². The zero-order valence-electron chi connectivity index (χ0n) is 8.77. The van der Waals surface area contributed by atoms with Crippen molar-refractivity contribution in [1.82, 2.24) is 5.43 Å². The molecule has 1 aromatic carbocycles. The lowest BCUT2D eigenvalue weighted by molar-refractivity contribution is 0.249. The molecule has 1 rings (SSSR count). The van der Waals surface area contributed by atoms with E-state index < -0.39 is 6.03 Å². The van der Waals surface area contributed by atoms with E-state index in [0.29, 0.717) is 5.03 Å². The monoisotopic (exact) mass is 237 g/mol. The number of allylic oxidation sites excluding steroid dienone is 1. The van der Waals surface area contributed by atoms with E-state index >= 15 is 0 Å². The Kier molecular flexibility index (Phi) is 4.54. The van der Waals surface area contributed by atoms with Crippen LogP contribution in [-0.2, 0) is 0 Å². The average Bonchev–Trinajstić information content (AvgIpc) is 2.28. The molecule has 4 nitrogen and oxygen atoms in total. The maximum absolute atomic E-state index is 10.4. The summed E-state index contributed by atoms with van der Waals surface area (Å²) >= 11 is 6.12. The van der Waals surface area contributed by atoms with Crippen molar-refractivity contribution in [2.24, 2.45) is 10.8 Å². The van der Waals surface area contributed by atoms with Gasteiger partial charge in [0.15, 0.2) is 0 Å². The lowest BCUT2D eigenvalue weighted by Gasteiger charge is -2.01. The number of halogens is 1. The van der Waals surface area contributed by atoms with Crippen LogP contribution >= 0.6 is 11.6 Å². The highest BCUT2D eigenvalue weighted by Gasteiger charge is 2.00. The number of rotatable bonds is 3. The summed E-state index contributed by atoms with van der Waals surface area (Å²) in [4.78, 5) is 10.4. The minimum Gasteiger partial charge on any atom is -0.350 e. The molecule has 0 bridgehead atoms. The first-order valence-corrected chi connectivity index (χ1v) is 4.99. The van der Waals surface area contributed by atoms with Crippen molar-refractivity contribution in [3.63, 3.8) is 0 Å². The molecule has 0 heterocycles. The second-order valence-electron chi connectivity index (χ2n) is 3.10. The van der Waals surface area contributed by atoms with E-state index in [1.165, 1.54) is 6.21 Å². The van der Waals surface area contributed by atoms with Gasteiger partial charge in [-0.15, -0.1) is 0 Å². The highest BCUT2D eigenvalue weighted by atomic mass is 35.5. The predicted molar refractivity (Wildman–Crippen MR) is 66.1 cm³/mol. The standard InChI is InChI=1S/C11H12ClN3O/c1-8(7-14-15-11(13)16)10(12)9-5-3-2-4-6-9/h2-7H,1H3,(H3,13,15,16)/b10-8-,14-7+. The van der Waals surface area contributed by atoms with Crippen molar-refractivity contribution in [2.75, 3.05) is 0 Å². The molecule has 5 heteroatoms. The Balaban J connectivity index is 2.81. The van der Waals surface area contributed by atoms with Gasteiger partial charge < -0.3 is 5.73 Å². The summed E-state index contributed by atoms with van der Waals surface area (Å²) in [6.45, 7) is 1.79. The zero-order valence-corrected chi connectivity index (χ0v) is 9.53. The maximum atomic E-state index is 10.4. The summed E-state index contributed by atoms with van der Waals surface area (Å²) < 4.78 is 0. The zero-order chi connectivity index (χ0) is 12.0. The van der Waals surface area contributed by atoms with Crippen LogP contribution in [0, 0.1) is 0 Å². The van der Waals surface area contributed by atoms with Gasteiger partial charge in [0.05, 0.1) is 11.2 Å². The Morgan fingerprint density at radius 2 is 2.06 bits per heavy atom. The fourth-order valence-electron chi connectivity index (χ4n) is 1.06. The van der Waals surface area contributed by atoms with Gasteiger partial charge in [-0.3, -0.25) is 0 Å². The molecule has 0 atom stereocenters. The van der Waals surface area contributed by atoms with Crippen LogP contribution < -0.4 is 11.2 Å². The number of urea groups is 1. The summed E-state index contributed by atoms with van der Waals surface area (Å²) in [5, 5.41) is 4.20. The summed E-state index contributed by atoms with van der Waals surface area (Å²) in [7, 11) is 0. The summed E-state index contributed by atoms with van der Waals surface area (Å²) in [6, 6.07) is 8.77. The lowest BCUT2D eigenvalue weighted by Crippen LogP contribution is -2.24. The molecule has 0 saturated carbocycles. The number of hydrogen-bond acceptors (Lipinski definition) is 2. The summed E-state index contributed by atoms with van der Waals surface area (Å²) in [5.41, 5.74) is 8.58. The molecular weight excluding hydrogens is 226 g/mol. The summed E-state index contributed by atoms with van der Waals surface area (Å²) in [6.07, 6.45) is 1.44. The van der Waals surface area contributed by atoms with E-state index in [1.54, 1.807) is 6.92 Å². The molecule has 3 N–H and O–H groups in total. The minimum atomic E-state index is -0.708. The third-order valence-electron chi connectivity index (χ3n) is 1.81. The quantitative estimate of drug-likeness (QED) is 0.615. The number of hydrogen-bond donors (Lipinski definition) is 2. The number of nitrogens with one attached hydrogen (secondary N) is 1. The van der Waals surface area contributed by atoms with E-state index in [0.717, 1.165) is 11.1 Å². The Morgan fingerprint density at radius 3 is 2.62 bits per heavy atom. The Labute approximate surface area is 98.8 Å². The van der Waals surface area contributed by atoms with Crippen LogP contribution in [0.3, 0.4) is 0 Å². The first-order valence-electron chi connectivity index (χ1n) is 4.61. The van der Waals surface area contributed by atoms with Crippen LogP contribution in [0.2, 0.25) is 0 Å². The molecule has 0 spiro atoms. The number of benzene rings is 1. The van der Waals surface area contributed by atoms with Crippen LogP contribution in [0.4, 0.5) is 4.79 Å². The molecule has 0 fully saturated rings. The fourth-order valence-corrected chi connectivity index (χ4v) is 1.24. The van der Waals surface area contributed by atoms with Crippen molar-refractivity contribution >= 4 is 28.9 Å². The number of carbonyl (C=O) groups is 1. The lowest BCUT2D eigenvalue weighted by atomic mass is 10.1. The molecule has 2 amide bonds. The van der Waals surface area contributed by atoms with E-state index in [1.807, 2.05) is 30.3 Å². The molecule has 0 aliphatic rings. The van der Waals surface area contributed by atoms with E-state index in [9.17, 15) is 4.79 Å². The van der Waals surface area contributed by atoms with Gasteiger partial charge in [-0.05, 0) is 18.1 Å². The number of carbonyl (C=O) groups excluding carboxylic acids is 1. The average molecular weight is 238 g/mol. The maximum Gasteiger partial charge on any atom is 0.332 e. The van der Waals surface area contributed by atoms with Crippen molar-refractivity contribution in [3.8, 4) is 0 Å². The number of primary amides is 1. The molecule has 1 aromatic rings. The van der Waals surface area contributed by atoms with Gasteiger partial charge in [0.2, 0.25) is 0 Å². The molecule has 0 aromatic heterocycles. The van der Waals surface area contributed by atoms with Gasteiger partial charge in [-0.25, -0.2) is 10.2 Å². The van der Waals surface area contributed by atoms with Crippen molar-refractivity contribution in [2.45, 2.75) is 6.92 Å². The molecule has 0 unspecified atom stereocenters. The SMILES string of the molecule is CC(/C=N/NC(N)=O)=C(/Cl)c1ccccc1. The number of nitrogens with zero attached hydrogens (tertiary/aromatic N) is 1. The fraction of sp³-hybridized carbons (Fsp3) is 0.0909. The van der Waals surface area contributed by atoms with Crippen LogP contribution in [-0.4, -0.2) is 12.2 Å². The van der Waals surface area contributed by atoms with Gasteiger partial charge in [-0.2, -0.15) is 5.10 Å². The van der Waals surface area contributed by atoms with Gasteiger partial charge in [0.25, 0.3) is 0 Å². The van der Waals surface area contributed by atoms with Crippen LogP contribution in [0.15, 0.2) is 41.0 Å². The topological polar surface area (TPSA) is 67.5 Å². The molecule has 16 heavy (non-hydrogen) atoms. The first kappa shape index (κ1) is 12.3. The molecule has 0 radical (unpaired) electrons. The third-order valence-corrected chi connectivity index (χ3v) is 2.32. The molecule has 0 aliphatic carbocycles. The highest BCUT2D eigenvalue weighted by Crippen LogP contribution is 2.21. The normalized spacial score (nSPS) is 12.4. The highest BCUT2D eigenvalue weighted by molar-refractivity contribution is 6.50. The number of nitrogens with two attached hydrogens (primary N) is 1. The third kappa shape index (κ3) is 3.74. The second-order valence-corrected chi connectivity index (χ2v) is 3.48. The van der Waals surface area contributed by atoms with Crippen LogP contribution in [0.25, 0.3) is 5.03 Å². The Bertz CT molecular complexity index is 426. The Hall–Kier alpha value is -1.81. The van der Waals surface area contributed by atoms with Gasteiger partial charge in [0.1, 0.15) is 0 Å². The van der Waals surface area contributed by atoms with Crippen LogP contribution in [0.1, 0.15) is 12.5 Å². The number of amides is 2. The van der Waals surface area contributed by atoms with Crippen molar-refractivity contribution in [3.05, 3.63) is 41.5 Å². The molecular formula is C11H12ClN3O. The van der Waals surface area contributed by atoms with Gasteiger partial charge in [0, 0.05) is 0 Å². The molecule has 84 valence electrons. The smallest absolute Gasteiger partial charge is 0.332 e. The summed E-state index contributed by atoms with van der Waals surface area (Å²) in [5.74, 6) is 0. The van der Waals surface area contributed by atoms with E-state index in [2.05, 4.69) is 10.5 Å². The van der Waals surface area contributed by atoms with E-state index in [-0.39, 0.29) is 0 Å². The van der Waals surface area contributed by atoms with Crippen LogP contribution in [0.5, 0.6) is 0 Å². The first-order chi connectivity index (χ1) is 7.61. The van der Waals surface area contributed by atoms with Gasteiger partial charge in [-0.1, -0.05) is 41.9 Å². The van der Waals surface area contributed by atoms with E-state index in [4.69, 9.17) is 17.3 Å². The predicted octanol–water partition coefficient (Wildman–Crippen LogP) is 2.31. The number of hydrazone groups is 1. The molecule has 0 aliphatic heterocycles. The largest absolute Gasteiger partial charge is 0.350 e. The minimum absolute atomic E-state index is 0.579. The van der Waals surface area contributed by atoms with Crippen molar-refractivity contribution in [1.29, 1.82) is 0 Å². The second kappa shape index (κ2) is 5.92. The van der Waals surface area contributed by atoms with Gasteiger partial charge >= 0.3 is 6.03 Å². The molecule has 0 saturated heterocycles.